The highest BCUT2D eigenvalue weighted by molar-refractivity contribution is 5.59. The lowest BCUT2D eigenvalue weighted by Crippen LogP contribution is -2.30. The third-order valence-corrected chi connectivity index (χ3v) is 2.29. The minimum Gasteiger partial charge on any atom is -0.494 e. The molecule has 0 amide bonds. The second-order valence-corrected chi connectivity index (χ2v) is 3.25. The molecule has 15 heavy (non-hydrogen) atoms. The van der Waals surface area contributed by atoms with Crippen molar-refractivity contribution < 1.29 is 9.30 Å². The Balaban J connectivity index is 2.59. The van der Waals surface area contributed by atoms with Gasteiger partial charge in [-0.3, -0.25) is 0 Å². The maximum atomic E-state index is 5.28. The highest BCUT2D eigenvalue weighted by atomic mass is 16.5. The Hall–Kier alpha value is -1.90. The fraction of sp³-hybridized carbons (Fsp3) is 0.167. The summed E-state index contributed by atoms with van der Waals surface area (Å²) < 4.78 is 7.30. The Kier molecular flexibility index (Phi) is 2.63. The molecule has 2 aromatic rings. The van der Waals surface area contributed by atoms with Crippen LogP contribution in [0.3, 0.4) is 0 Å². The first-order valence-electron chi connectivity index (χ1n) is 4.77. The summed E-state index contributed by atoms with van der Waals surface area (Å²) in [6, 6.07) is 9.77. The topological polar surface area (TPSA) is 26.0 Å². The van der Waals surface area contributed by atoms with Crippen LogP contribution in [0.4, 0.5) is 0 Å². The summed E-state index contributed by atoms with van der Waals surface area (Å²) in [6.45, 7) is 0. The summed E-state index contributed by atoms with van der Waals surface area (Å²) in [5, 5.41) is 0. The molecule has 0 N–H and O–H groups in total. The molecule has 0 aliphatic carbocycles. The van der Waals surface area contributed by atoms with Gasteiger partial charge >= 0.3 is 0 Å². The number of rotatable bonds is 2. The molecule has 0 bridgehead atoms. The van der Waals surface area contributed by atoms with Gasteiger partial charge in [0.1, 0.15) is 7.05 Å². The Morgan fingerprint density at radius 1 is 1.20 bits per heavy atom. The second kappa shape index (κ2) is 4.09. The van der Waals surface area contributed by atoms with Crippen LogP contribution in [0.15, 0.2) is 42.7 Å². The van der Waals surface area contributed by atoms with Crippen LogP contribution >= 0.6 is 0 Å². The van der Waals surface area contributed by atoms with E-state index in [9.17, 15) is 0 Å². The molecule has 0 aliphatic heterocycles. The number of pyridine rings is 2. The van der Waals surface area contributed by atoms with Crippen LogP contribution in [-0.4, -0.2) is 12.1 Å². The maximum absolute atomic E-state index is 5.28. The smallest absolute Gasteiger partial charge is 0.234 e. The van der Waals surface area contributed by atoms with Crippen LogP contribution in [0, 0.1) is 0 Å². The largest absolute Gasteiger partial charge is 0.494 e. The molecule has 0 unspecified atom stereocenters. The number of ether oxygens (including phenoxy) is 1. The molecule has 76 valence electrons. The summed E-state index contributed by atoms with van der Waals surface area (Å²) >= 11 is 0. The minimum atomic E-state index is 0.791. The Bertz CT molecular complexity index is 469. The van der Waals surface area contributed by atoms with Gasteiger partial charge in [0, 0.05) is 18.3 Å². The molecule has 0 atom stereocenters. The van der Waals surface area contributed by atoms with E-state index in [1.54, 1.807) is 13.3 Å². The molecule has 0 fully saturated rings. The molecular formula is C12H13N2O+. The van der Waals surface area contributed by atoms with Crippen molar-refractivity contribution in [2.45, 2.75) is 0 Å². The second-order valence-electron chi connectivity index (χ2n) is 3.25. The third-order valence-electron chi connectivity index (χ3n) is 2.29. The molecule has 2 rings (SSSR count). The molecule has 0 radical (unpaired) electrons. The van der Waals surface area contributed by atoms with E-state index in [1.807, 2.05) is 48.1 Å². The van der Waals surface area contributed by atoms with Crippen molar-refractivity contribution in [3.8, 4) is 17.1 Å². The lowest BCUT2D eigenvalue weighted by Gasteiger charge is -2.04. The first-order chi connectivity index (χ1) is 7.33. The summed E-state index contributed by atoms with van der Waals surface area (Å²) in [4.78, 5) is 4.33. The Labute approximate surface area is 89.0 Å². The number of hydrogen-bond donors (Lipinski definition) is 0. The maximum Gasteiger partial charge on any atom is 0.234 e. The highest BCUT2D eigenvalue weighted by Gasteiger charge is 2.14. The number of aryl methyl sites for hydroxylation is 1. The van der Waals surface area contributed by atoms with E-state index in [0.717, 1.165) is 17.1 Å². The highest BCUT2D eigenvalue weighted by Crippen LogP contribution is 2.23. The van der Waals surface area contributed by atoms with Crippen molar-refractivity contribution in [1.82, 2.24) is 4.98 Å². The SMILES string of the molecule is COc1cccnc1-c1cccc[n+]1C. The van der Waals surface area contributed by atoms with Crippen molar-refractivity contribution in [1.29, 1.82) is 0 Å². The normalized spacial score (nSPS) is 10.0. The van der Waals surface area contributed by atoms with Crippen LogP contribution in [0.2, 0.25) is 0 Å². The van der Waals surface area contributed by atoms with E-state index >= 15 is 0 Å². The van der Waals surface area contributed by atoms with E-state index < -0.39 is 0 Å². The van der Waals surface area contributed by atoms with Gasteiger partial charge in [-0.25, -0.2) is 4.98 Å². The van der Waals surface area contributed by atoms with Crippen LogP contribution in [-0.2, 0) is 7.05 Å². The van der Waals surface area contributed by atoms with Gasteiger partial charge in [-0.1, -0.05) is 0 Å². The summed E-state index contributed by atoms with van der Waals surface area (Å²) in [5.41, 5.74) is 1.90. The average Bonchev–Trinajstić information content (AvgIpc) is 2.30. The van der Waals surface area contributed by atoms with E-state index in [2.05, 4.69) is 4.98 Å². The van der Waals surface area contributed by atoms with Crippen molar-refractivity contribution in [3.05, 3.63) is 42.7 Å². The van der Waals surface area contributed by atoms with Gasteiger partial charge in [-0.2, -0.15) is 4.57 Å². The van der Waals surface area contributed by atoms with Gasteiger partial charge in [0.25, 0.3) is 0 Å². The fourth-order valence-corrected chi connectivity index (χ4v) is 1.52. The fourth-order valence-electron chi connectivity index (χ4n) is 1.52. The first kappa shape index (κ1) is 9.65. The van der Waals surface area contributed by atoms with Crippen molar-refractivity contribution >= 4 is 0 Å². The molecule has 2 heterocycles. The van der Waals surface area contributed by atoms with E-state index in [-0.39, 0.29) is 0 Å². The molecule has 0 aliphatic rings. The van der Waals surface area contributed by atoms with E-state index in [1.165, 1.54) is 0 Å². The molecule has 0 spiro atoms. The first-order valence-corrected chi connectivity index (χ1v) is 4.77. The van der Waals surface area contributed by atoms with E-state index in [0.29, 0.717) is 0 Å². The lowest BCUT2D eigenvalue weighted by molar-refractivity contribution is -0.660. The predicted molar refractivity (Wildman–Crippen MR) is 57.4 cm³/mol. The Morgan fingerprint density at radius 3 is 2.80 bits per heavy atom. The molecule has 0 aromatic carbocycles. The summed E-state index contributed by atoms with van der Waals surface area (Å²) in [6.07, 6.45) is 3.76. The lowest BCUT2D eigenvalue weighted by atomic mass is 10.2. The number of nitrogens with zero attached hydrogens (tertiary/aromatic N) is 2. The van der Waals surface area contributed by atoms with Crippen molar-refractivity contribution in [2.75, 3.05) is 7.11 Å². The quantitative estimate of drug-likeness (QED) is 0.689. The van der Waals surface area contributed by atoms with Gasteiger partial charge in [-0.05, 0) is 18.2 Å². The van der Waals surface area contributed by atoms with Crippen LogP contribution < -0.4 is 9.30 Å². The third kappa shape index (κ3) is 1.81. The van der Waals surface area contributed by atoms with Gasteiger partial charge in [0.05, 0.1) is 7.11 Å². The van der Waals surface area contributed by atoms with Crippen LogP contribution in [0.25, 0.3) is 11.4 Å². The number of methoxy groups -OCH3 is 1. The zero-order chi connectivity index (χ0) is 10.7. The van der Waals surface area contributed by atoms with Crippen molar-refractivity contribution in [2.24, 2.45) is 7.05 Å². The molecule has 0 saturated carbocycles. The molecule has 2 aromatic heterocycles. The number of aromatic nitrogens is 2. The van der Waals surface area contributed by atoms with Gasteiger partial charge in [-0.15, -0.1) is 0 Å². The molecule has 3 nitrogen and oxygen atoms in total. The zero-order valence-corrected chi connectivity index (χ0v) is 8.84. The van der Waals surface area contributed by atoms with Crippen LogP contribution in [0.1, 0.15) is 0 Å². The standard InChI is InChI=1S/C12H13N2O/c1-14-9-4-3-6-10(14)12-11(15-2)7-5-8-13-12/h3-9H,1-2H3/q+1. The number of hydrogen-bond acceptors (Lipinski definition) is 2. The average molecular weight is 201 g/mol. The van der Waals surface area contributed by atoms with Gasteiger partial charge in [0.15, 0.2) is 17.6 Å². The minimum absolute atomic E-state index is 0.791. The molecule has 3 heteroatoms. The molecular weight excluding hydrogens is 188 g/mol. The van der Waals surface area contributed by atoms with Gasteiger partial charge in [0.2, 0.25) is 5.69 Å². The predicted octanol–water partition coefficient (Wildman–Crippen LogP) is 1.58. The molecule has 0 saturated heterocycles. The monoisotopic (exact) mass is 201 g/mol. The summed E-state index contributed by atoms with van der Waals surface area (Å²) in [7, 11) is 3.65. The Morgan fingerprint density at radius 2 is 2.07 bits per heavy atom. The van der Waals surface area contributed by atoms with Crippen LogP contribution in [0.5, 0.6) is 5.75 Å². The van der Waals surface area contributed by atoms with Crippen molar-refractivity contribution in [3.63, 3.8) is 0 Å². The zero-order valence-electron chi connectivity index (χ0n) is 8.84. The van der Waals surface area contributed by atoms with E-state index in [4.69, 9.17) is 4.74 Å². The summed E-state index contributed by atoms with van der Waals surface area (Å²) in [5.74, 6) is 0.791. The van der Waals surface area contributed by atoms with Gasteiger partial charge < -0.3 is 4.74 Å².